The lowest BCUT2D eigenvalue weighted by atomic mass is 9.82. The Morgan fingerprint density at radius 1 is 1.05 bits per heavy atom. The van der Waals surface area contributed by atoms with Crippen LogP contribution >= 0.6 is 27.3 Å². The molecule has 2 bridgehead atoms. The van der Waals surface area contributed by atoms with Crippen molar-refractivity contribution >= 4 is 75.4 Å². The lowest BCUT2D eigenvalue weighted by Gasteiger charge is -2.40. The number of piperidine rings is 1. The molecule has 1 saturated carbocycles. The molecular formula is C43H50BBrFN5O7S. The van der Waals surface area contributed by atoms with E-state index in [0.717, 1.165) is 39.3 Å². The topological polar surface area (TPSA) is 153 Å². The number of amides is 4. The maximum absolute atomic E-state index is 15.8. The number of benzene rings is 2. The molecule has 312 valence electrons. The summed E-state index contributed by atoms with van der Waals surface area (Å²) in [4.78, 5) is 59.6. The number of hydrogen-bond donors (Lipinski definition) is 2. The monoisotopic (exact) mass is 889 g/mol. The molecule has 16 heteroatoms. The highest BCUT2D eigenvalue weighted by atomic mass is 79.9. The summed E-state index contributed by atoms with van der Waals surface area (Å²) < 4.78 is 27.9. The number of nitrogens with one attached hydrogen (secondary N) is 1. The number of rotatable bonds is 11. The van der Waals surface area contributed by atoms with E-state index in [-0.39, 0.29) is 59.4 Å². The zero-order valence-corrected chi connectivity index (χ0v) is 37.1. The minimum absolute atomic E-state index is 0.0206. The van der Waals surface area contributed by atoms with Crippen LogP contribution in [0.1, 0.15) is 77.3 Å². The van der Waals surface area contributed by atoms with Crippen molar-refractivity contribution in [3.05, 3.63) is 62.7 Å². The Morgan fingerprint density at radius 2 is 1.73 bits per heavy atom. The van der Waals surface area contributed by atoms with E-state index in [1.54, 1.807) is 51.5 Å². The summed E-state index contributed by atoms with van der Waals surface area (Å²) in [7, 11) is 1.94. The minimum atomic E-state index is -1.12. The Hall–Kier alpha value is -4.30. The molecule has 3 aliphatic heterocycles. The number of halogens is 2. The maximum atomic E-state index is 15.8. The molecule has 4 heterocycles. The summed E-state index contributed by atoms with van der Waals surface area (Å²) in [6, 6.07) is 11.1. The lowest BCUT2D eigenvalue weighted by molar-refractivity contribution is -0.129. The number of ether oxygens (including phenoxy) is 1. The highest BCUT2D eigenvalue weighted by molar-refractivity contribution is 9.10. The molecular weight excluding hydrogens is 840 g/mol. The summed E-state index contributed by atoms with van der Waals surface area (Å²) in [5.74, 6) is -1.64. The summed E-state index contributed by atoms with van der Waals surface area (Å²) in [5, 5.41) is 23.7. The zero-order chi connectivity index (χ0) is 42.9. The quantitative estimate of drug-likeness (QED) is 0.239. The van der Waals surface area contributed by atoms with E-state index in [4.69, 9.17) is 9.39 Å². The number of aliphatic hydroxyl groups is 1. The van der Waals surface area contributed by atoms with Gasteiger partial charge in [0.1, 0.15) is 17.7 Å². The number of likely N-dealkylation sites (tertiary alicyclic amines) is 1. The first-order chi connectivity index (χ1) is 27.6. The van der Waals surface area contributed by atoms with Crippen LogP contribution in [-0.4, -0.2) is 89.8 Å². The second kappa shape index (κ2) is 15.6. The number of likely N-dealkylation sites (N-methyl/N-ethyl adjacent to an activating group) is 1. The molecule has 1 saturated heterocycles. The predicted molar refractivity (Wildman–Crippen MR) is 228 cm³/mol. The highest BCUT2D eigenvalue weighted by Crippen LogP contribution is 2.49. The third kappa shape index (κ3) is 8.28. The first-order valence-electron chi connectivity index (χ1n) is 19.9. The van der Waals surface area contributed by atoms with Gasteiger partial charge in [-0.1, -0.05) is 29.7 Å². The second-order valence-electron chi connectivity index (χ2n) is 18.2. The Balaban J connectivity index is 1.10. The van der Waals surface area contributed by atoms with Crippen LogP contribution in [0.25, 0.3) is 10.4 Å². The number of nitrogens with zero attached hydrogens (tertiary/aromatic N) is 4. The van der Waals surface area contributed by atoms with Gasteiger partial charge in [0, 0.05) is 42.3 Å². The number of nitriles is 1. The van der Waals surface area contributed by atoms with E-state index >= 15 is 4.39 Å². The normalized spacial score (nSPS) is 21.8. The molecule has 0 spiro atoms. The molecule has 2 aromatic carbocycles. The number of anilines is 2. The first kappa shape index (κ1) is 42.8. The average Bonchev–Trinajstić information content (AvgIpc) is 3.94. The number of hydrogen-bond acceptors (Lipinski definition) is 9. The smallest absolute Gasteiger partial charge is 0.411 e. The van der Waals surface area contributed by atoms with Crippen LogP contribution in [0.5, 0.6) is 0 Å². The third-order valence-electron chi connectivity index (χ3n) is 12.4. The summed E-state index contributed by atoms with van der Waals surface area (Å²) in [5.41, 5.74) is 2.15. The predicted octanol–water partition coefficient (Wildman–Crippen LogP) is 5.53. The van der Waals surface area contributed by atoms with Crippen LogP contribution in [0.4, 0.5) is 20.6 Å². The number of carbonyl (C=O) groups excluding carboxylic acids is 4. The molecule has 1 aliphatic carbocycles. The molecule has 2 fully saturated rings. The van der Waals surface area contributed by atoms with E-state index in [9.17, 15) is 29.5 Å². The molecule has 3 aromatic rings. The molecule has 4 aliphatic rings. The molecule has 5 atom stereocenters. The van der Waals surface area contributed by atoms with E-state index < -0.39 is 46.7 Å². The first-order valence-corrected chi connectivity index (χ1v) is 21.5. The van der Waals surface area contributed by atoms with Crippen LogP contribution in [0.3, 0.4) is 0 Å². The van der Waals surface area contributed by atoms with Gasteiger partial charge in [0.2, 0.25) is 17.7 Å². The van der Waals surface area contributed by atoms with Crippen molar-refractivity contribution in [1.29, 1.82) is 5.26 Å². The van der Waals surface area contributed by atoms with Crippen LogP contribution in [0.15, 0.2) is 40.9 Å². The number of fused-ring (bicyclic) bond motifs is 4. The van der Waals surface area contributed by atoms with Crippen molar-refractivity contribution in [3.63, 3.8) is 0 Å². The van der Waals surface area contributed by atoms with Crippen molar-refractivity contribution in [3.8, 4) is 16.5 Å². The molecule has 59 heavy (non-hydrogen) atoms. The molecule has 0 radical (unpaired) electrons. The second-order valence-corrected chi connectivity index (χ2v) is 20.1. The molecule has 1 aromatic heterocycles. The number of carbonyl (C=O) groups is 4. The Bertz CT molecular complexity index is 2260. The zero-order valence-electron chi connectivity index (χ0n) is 34.7. The highest BCUT2D eigenvalue weighted by Gasteiger charge is 2.57. The standard InChI is InChI=1S/C43H50BBrFN5O7S/c1-41(2,3)57-40(55)51-28-13-25(21-50-31-17-26(12-11-23(31)16-34(50)53)44-58-43(6,7)42(4,5)56)29(19-28)37(51)39(54)48-27(20-47)18-32-36(46)35(45)38(59-32)24-10-9-22-15-33(52)49(8)30(22)14-24/h9-12,14,17,25,27-29,37,44,56H,13,15-16,18-19,21H2,1-8H3,(H,48,54)/t25?,27?,28-,29-,37+/m1/s1. The van der Waals surface area contributed by atoms with Gasteiger partial charge in [0.05, 0.1) is 39.5 Å². The summed E-state index contributed by atoms with van der Waals surface area (Å²) in [6.07, 6.45) is 0.880. The van der Waals surface area contributed by atoms with Gasteiger partial charge in [-0.15, -0.1) is 11.3 Å². The Labute approximate surface area is 357 Å². The fourth-order valence-corrected chi connectivity index (χ4v) is 10.5. The average molecular weight is 891 g/mol. The van der Waals surface area contributed by atoms with Gasteiger partial charge in [-0.05, 0) is 118 Å². The maximum Gasteiger partial charge on any atom is 0.411 e. The van der Waals surface area contributed by atoms with Crippen LogP contribution < -0.4 is 20.6 Å². The van der Waals surface area contributed by atoms with Crippen molar-refractivity contribution in [2.45, 2.75) is 115 Å². The fourth-order valence-electron chi connectivity index (χ4n) is 8.56. The Kier molecular flexibility index (Phi) is 11.3. The fraction of sp³-hybridized carbons (Fsp3) is 0.512. The van der Waals surface area contributed by atoms with Crippen molar-refractivity contribution in [1.82, 2.24) is 10.2 Å². The van der Waals surface area contributed by atoms with Gasteiger partial charge < -0.3 is 29.6 Å². The molecule has 4 amide bonds. The van der Waals surface area contributed by atoms with Gasteiger partial charge in [0.15, 0.2) is 5.82 Å². The van der Waals surface area contributed by atoms with Gasteiger partial charge >= 0.3 is 13.6 Å². The van der Waals surface area contributed by atoms with Crippen molar-refractivity contribution < 1.29 is 38.1 Å². The number of thiophene rings is 1. The van der Waals surface area contributed by atoms with Gasteiger partial charge in [-0.3, -0.25) is 19.3 Å². The SMILES string of the molecule is CN1C(=O)Cc2ccc(-c3sc(CC(C#N)NC(=O)[C@@H]4[C@@H]5C[C@@H](CC5CN5C(=O)Cc6ccc(BOC(C)(C)C(C)(C)O)cc65)N4C(=O)OC(C)(C)C)c(F)c3Br)cc21. The molecule has 2 unspecified atom stereocenters. The van der Waals surface area contributed by atoms with E-state index in [1.165, 1.54) is 4.90 Å². The van der Waals surface area contributed by atoms with Gasteiger partial charge in [0.25, 0.3) is 0 Å². The van der Waals surface area contributed by atoms with Crippen LogP contribution in [-0.2, 0) is 43.0 Å². The van der Waals surface area contributed by atoms with Gasteiger partial charge in [-0.25, -0.2) is 9.18 Å². The third-order valence-corrected chi connectivity index (χ3v) is 14.7. The largest absolute Gasteiger partial charge is 0.444 e. The molecule has 7 rings (SSSR count). The lowest BCUT2D eigenvalue weighted by Crippen LogP contribution is -2.57. The minimum Gasteiger partial charge on any atom is -0.444 e. The molecule has 12 nitrogen and oxygen atoms in total. The van der Waals surface area contributed by atoms with E-state index in [1.807, 2.05) is 50.2 Å². The summed E-state index contributed by atoms with van der Waals surface area (Å²) >= 11 is 4.56. The van der Waals surface area contributed by atoms with Crippen molar-refractivity contribution in [2.24, 2.45) is 11.8 Å². The molecule has 2 N–H and O–H groups in total. The Morgan fingerprint density at radius 3 is 2.41 bits per heavy atom. The van der Waals surface area contributed by atoms with Crippen LogP contribution in [0.2, 0.25) is 0 Å². The van der Waals surface area contributed by atoms with Crippen molar-refractivity contribution in [2.75, 3.05) is 23.4 Å². The van der Waals surface area contributed by atoms with E-state index in [0.29, 0.717) is 36.2 Å². The van der Waals surface area contributed by atoms with Gasteiger partial charge in [-0.2, -0.15) is 5.26 Å². The van der Waals surface area contributed by atoms with E-state index in [2.05, 4.69) is 27.3 Å². The summed E-state index contributed by atoms with van der Waals surface area (Å²) in [6.45, 7) is 12.7. The van der Waals surface area contributed by atoms with Crippen LogP contribution in [0, 0.1) is 29.0 Å².